The normalized spacial score (nSPS) is 14.6. The topological polar surface area (TPSA) is 47.4 Å². The largest absolute Gasteiger partial charge is 0.497 e. The minimum Gasteiger partial charge on any atom is -0.497 e. The van der Waals surface area contributed by atoms with Crippen molar-refractivity contribution in [1.29, 1.82) is 0 Å². The maximum absolute atomic E-state index is 13.7. The van der Waals surface area contributed by atoms with Crippen LogP contribution < -0.4 is 10.3 Å². The van der Waals surface area contributed by atoms with E-state index in [1.54, 1.807) is 34.8 Å². The lowest BCUT2D eigenvalue weighted by Gasteiger charge is -2.25. The van der Waals surface area contributed by atoms with E-state index in [9.17, 15) is 4.79 Å². The van der Waals surface area contributed by atoms with Gasteiger partial charge in [-0.15, -0.1) is 11.3 Å². The van der Waals surface area contributed by atoms with Gasteiger partial charge < -0.3 is 4.74 Å². The fraction of sp³-hybridized carbons (Fsp3) is 0.429. The molecule has 148 valence electrons. The van der Waals surface area contributed by atoms with Gasteiger partial charge in [0.05, 0.1) is 18.2 Å². The summed E-state index contributed by atoms with van der Waals surface area (Å²) in [4.78, 5) is 23.2. The molecule has 1 aliphatic rings. The Balaban J connectivity index is 1.96. The van der Waals surface area contributed by atoms with Gasteiger partial charge in [-0.05, 0) is 30.7 Å². The number of likely N-dealkylation sites (N-methyl/N-ethyl adjacent to an activating group) is 1. The number of aromatic nitrogens is 2. The molecule has 0 fully saturated rings. The van der Waals surface area contributed by atoms with Gasteiger partial charge in [0.2, 0.25) is 0 Å². The van der Waals surface area contributed by atoms with Crippen LogP contribution in [0.25, 0.3) is 15.9 Å². The van der Waals surface area contributed by atoms with E-state index in [1.807, 2.05) is 24.3 Å². The van der Waals surface area contributed by atoms with Gasteiger partial charge in [0.1, 0.15) is 10.6 Å². The second-order valence-corrected chi connectivity index (χ2v) is 9.83. The molecule has 0 amide bonds. The summed E-state index contributed by atoms with van der Waals surface area (Å²) in [6.45, 7) is 9.37. The molecular weight excluding hydrogens is 390 g/mol. The first-order chi connectivity index (χ1) is 13.5. The maximum atomic E-state index is 13.7. The number of hydrogen-bond acceptors (Lipinski definition) is 6. The van der Waals surface area contributed by atoms with Gasteiger partial charge in [-0.3, -0.25) is 14.3 Å². The Morgan fingerprint density at radius 2 is 2.18 bits per heavy atom. The summed E-state index contributed by atoms with van der Waals surface area (Å²) in [5.74, 6) is 0.732. The molecule has 0 N–H and O–H groups in total. The summed E-state index contributed by atoms with van der Waals surface area (Å²) in [5, 5.41) is 1.87. The summed E-state index contributed by atoms with van der Waals surface area (Å²) in [7, 11) is 1.64. The average molecular weight is 416 g/mol. The van der Waals surface area contributed by atoms with Crippen molar-refractivity contribution in [2.45, 2.75) is 44.1 Å². The van der Waals surface area contributed by atoms with Crippen LogP contribution in [-0.2, 0) is 13.0 Å². The Labute approximate surface area is 173 Å². The van der Waals surface area contributed by atoms with Crippen LogP contribution in [0.4, 0.5) is 0 Å². The predicted octanol–water partition coefficient (Wildman–Crippen LogP) is 4.33. The summed E-state index contributed by atoms with van der Waals surface area (Å²) >= 11 is 3.30. The first kappa shape index (κ1) is 19.5. The summed E-state index contributed by atoms with van der Waals surface area (Å²) < 4.78 is 7.14. The molecule has 3 aromatic rings. The molecule has 0 spiro atoms. The highest BCUT2D eigenvalue weighted by molar-refractivity contribution is 7.99. The van der Waals surface area contributed by atoms with Crippen LogP contribution in [0.15, 0.2) is 34.2 Å². The SMILES string of the molecule is CCN1CCc2c(sc3nc(SC(C)C)n(-c4cccc(OC)c4)c(=O)c23)C1. The van der Waals surface area contributed by atoms with Crippen LogP contribution in [0.3, 0.4) is 0 Å². The fourth-order valence-electron chi connectivity index (χ4n) is 3.61. The van der Waals surface area contributed by atoms with Gasteiger partial charge in [-0.2, -0.15) is 0 Å². The number of nitrogens with zero attached hydrogens (tertiary/aromatic N) is 3. The molecule has 0 bridgehead atoms. The number of fused-ring (bicyclic) bond motifs is 3. The van der Waals surface area contributed by atoms with Crippen molar-refractivity contribution < 1.29 is 4.74 Å². The van der Waals surface area contributed by atoms with Crippen LogP contribution in [0.2, 0.25) is 0 Å². The molecule has 1 aromatic carbocycles. The van der Waals surface area contributed by atoms with E-state index < -0.39 is 0 Å². The minimum absolute atomic E-state index is 0.0313. The number of rotatable bonds is 5. The molecule has 0 aliphatic carbocycles. The van der Waals surface area contributed by atoms with Crippen LogP contribution in [0.1, 0.15) is 31.2 Å². The summed E-state index contributed by atoms with van der Waals surface area (Å²) in [6.07, 6.45) is 0.912. The molecule has 0 atom stereocenters. The molecule has 4 rings (SSSR count). The first-order valence-electron chi connectivity index (χ1n) is 9.62. The highest BCUT2D eigenvalue weighted by atomic mass is 32.2. The van der Waals surface area contributed by atoms with Gasteiger partial charge in [0.25, 0.3) is 5.56 Å². The van der Waals surface area contributed by atoms with Crippen molar-refractivity contribution in [1.82, 2.24) is 14.5 Å². The predicted molar refractivity (Wildman–Crippen MR) is 117 cm³/mol. The third-order valence-electron chi connectivity index (χ3n) is 5.02. The molecule has 0 saturated heterocycles. The van der Waals surface area contributed by atoms with Crippen molar-refractivity contribution in [2.75, 3.05) is 20.2 Å². The third-order valence-corrected chi connectivity index (χ3v) is 7.09. The molecule has 2 aromatic heterocycles. The number of thioether (sulfide) groups is 1. The van der Waals surface area contributed by atoms with E-state index in [-0.39, 0.29) is 5.56 Å². The Morgan fingerprint density at radius 1 is 1.36 bits per heavy atom. The van der Waals surface area contributed by atoms with Crippen molar-refractivity contribution in [3.63, 3.8) is 0 Å². The van der Waals surface area contributed by atoms with Crippen molar-refractivity contribution in [3.05, 3.63) is 45.1 Å². The lowest BCUT2D eigenvalue weighted by Crippen LogP contribution is -2.30. The highest BCUT2D eigenvalue weighted by Crippen LogP contribution is 2.35. The molecule has 5 nitrogen and oxygen atoms in total. The summed E-state index contributed by atoms with van der Waals surface area (Å²) in [6, 6.07) is 7.65. The second kappa shape index (κ2) is 7.89. The minimum atomic E-state index is 0.0313. The molecule has 28 heavy (non-hydrogen) atoms. The molecule has 7 heteroatoms. The second-order valence-electron chi connectivity index (χ2n) is 7.21. The zero-order valence-electron chi connectivity index (χ0n) is 16.7. The number of ether oxygens (including phenoxy) is 1. The zero-order chi connectivity index (χ0) is 19.8. The molecule has 1 aliphatic heterocycles. The molecule has 3 heterocycles. The summed E-state index contributed by atoms with van der Waals surface area (Å²) in [5.41, 5.74) is 2.02. The molecule has 0 saturated carbocycles. The van der Waals surface area contributed by atoms with E-state index >= 15 is 0 Å². The zero-order valence-corrected chi connectivity index (χ0v) is 18.3. The van der Waals surface area contributed by atoms with Gasteiger partial charge in [0.15, 0.2) is 5.16 Å². The first-order valence-corrected chi connectivity index (χ1v) is 11.3. The Bertz CT molecular complexity index is 1070. The van der Waals surface area contributed by atoms with E-state index in [0.29, 0.717) is 5.25 Å². The van der Waals surface area contributed by atoms with Crippen molar-refractivity contribution in [3.8, 4) is 11.4 Å². The van der Waals surface area contributed by atoms with Crippen molar-refractivity contribution in [2.24, 2.45) is 0 Å². The van der Waals surface area contributed by atoms with Crippen LogP contribution >= 0.6 is 23.1 Å². The number of hydrogen-bond donors (Lipinski definition) is 0. The lowest BCUT2D eigenvalue weighted by molar-refractivity contribution is 0.272. The smallest absolute Gasteiger partial charge is 0.267 e. The Hall–Kier alpha value is -1.83. The lowest BCUT2D eigenvalue weighted by atomic mass is 10.1. The number of thiophene rings is 1. The monoisotopic (exact) mass is 415 g/mol. The molecule has 0 unspecified atom stereocenters. The van der Waals surface area contributed by atoms with Gasteiger partial charge in [-0.1, -0.05) is 38.6 Å². The van der Waals surface area contributed by atoms with E-state index in [2.05, 4.69) is 25.7 Å². The standard InChI is InChI=1S/C21H25N3O2S2/c1-5-23-10-9-16-17(12-23)28-19-18(16)20(25)24(21(22-19)27-13(2)3)14-7-6-8-15(11-14)26-4/h6-8,11,13H,5,9-10,12H2,1-4H3. The van der Waals surface area contributed by atoms with Crippen LogP contribution in [0.5, 0.6) is 5.75 Å². The van der Waals surface area contributed by atoms with Crippen LogP contribution in [-0.4, -0.2) is 39.9 Å². The average Bonchev–Trinajstić information content (AvgIpc) is 3.05. The Morgan fingerprint density at radius 3 is 2.89 bits per heavy atom. The maximum Gasteiger partial charge on any atom is 0.267 e. The quantitative estimate of drug-likeness (QED) is 0.458. The highest BCUT2D eigenvalue weighted by Gasteiger charge is 2.25. The molecule has 0 radical (unpaired) electrons. The fourth-order valence-corrected chi connectivity index (χ4v) is 5.78. The van der Waals surface area contributed by atoms with E-state index in [0.717, 1.165) is 52.9 Å². The third kappa shape index (κ3) is 3.47. The van der Waals surface area contributed by atoms with Gasteiger partial charge >= 0.3 is 0 Å². The van der Waals surface area contributed by atoms with E-state index in [4.69, 9.17) is 9.72 Å². The Kier molecular flexibility index (Phi) is 5.49. The van der Waals surface area contributed by atoms with Crippen molar-refractivity contribution >= 4 is 33.3 Å². The van der Waals surface area contributed by atoms with E-state index in [1.165, 1.54) is 10.4 Å². The molecular formula is C21H25N3O2S2. The van der Waals surface area contributed by atoms with Gasteiger partial charge in [-0.25, -0.2) is 4.98 Å². The van der Waals surface area contributed by atoms with Gasteiger partial charge in [0, 0.05) is 29.3 Å². The number of benzene rings is 1. The number of methoxy groups -OCH3 is 1. The van der Waals surface area contributed by atoms with Crippen LogP contribution in [0, 0.1) is 0 Å².